The van der Waals surface area contributed by atoms with E-state index < -0.39 is 5.60 Å². The Labute approximate surface area is 179 Å². The summed E-state index contributed by atoms with van der Waals surface area (Å²) in [5.74, 6) is 1.65. The van der Waals surface area contributed by atoms with Crippen molar-refractivity contribution in [3.63, 3.8) is 0 Å². The normalized spacial score (nSPS) is 15.0. The van der Waals surface area contributed by atoms with Gasteiger partial charge in [-0.05, 0) is 50.6 Å². The molecule has 0 spiro atoms. The Morgan fingerprint density at radius 1 is 0.867 bits per heavy atom. The van der Waals surface area contributed by atoms with Gasteiger partial charge in [0, 0.05) is 32.7 Å². The van der Waals surface area contributed by atoms with Crippen LogP contribution >= 0.6 is 0 Å². The van der Waals surface area contributed by atoms with Crippen LogP contribution in [0.1, 0.15) is 26.3 Å². The Hall–Kier alpha value is -2.73. The second-order valence-electron chi connectivity index (χ2n) is 8.40. The second kappa shape index (κ2) is 10.3. The number of hydrogen-bond donors (Lipinski definition) is 0. The summed E-state index contributed by atoms with van der Waals surface area (Å²) in [4.78, 5) is 16.2. The van der Waals surface area contributed by atoms with E-state index in [0.717, 1.165) is 36.7 Å². The number of ether oxygens (including phenoxy) is 3. The predicted octanol–water partition coefficient (Wildman–Crippen LogP) is 4.20. The monoisotopic (exact) mass is 412 g/mol. The van der Waals surface area contributed by atoms with Gasteiger partial charge >= 0.3 is 6.09 Å². The van der Waals surface area contributed by atoms with Gasteiger partial charge in [-0.3, -0.25) is 4.90 Å². The third-order valence-electron chi connectivity index (χ3n) is 4.77. The standard InChI is InChI=1S/C24H32N2O4/c1-24(2,3)30-23(27)26-15-13-25(14-16-26)17-18-28-21-9-11-22(12-10-21)29-19-20-7-5-4-6-8-20/h4-12H,13-19H2,1-3H3. The molecule has 1 heterocycles. The third kappa shape index (κ3) is 7.26. The molecule has 1 aliphatic heterocycles. The molecule has 0 aliphatic carbocycles. The molecule has 1 amide bonds. The quantitative estimate of drug-likeness (QED) is 0.682. The molecule has 3 rings (SSSR count). The van der Waals surface area contributed by atoms with E-state index in [4.69, 9.17) is 14.2 Å². The first-order valence-corrected chi connectivity index (χ1v) is 10.5. The molecule has 2 aromatic rings. The molecule has 6 heteroatoms. The van der Waals surface area contributed by atoms with Crippen LogP contribution in [-0.4, -0.2) is 60.8 Å². The minimum absolute atomic E-state index is 0.229. The zero-order valence-corrected chi connectivity index (χ0v) is 18.2. The molecule has 0 saturated carbocycles. The van der Waals surface area contributed by atoms with Crippen molar-refractivity contribution in [1.82, 2.24) is 9.80 Å². The number of rotatable bonds is 7. The summed E-state index contributed by atoms with van der Waals surface area (Å²) >= 11 is 0. The molecule has 1 aliphatic rings. The van der Waals surface area contributed by atoms with Crippen molar-refractivity contribution in [2.75, 3.05) is 39.3 Å². The smallest absolute Gasteiger partial charge is 0.410 e. The lowest BCUT2D eigenvalue weighted by Crippen LogP contribution is -2.50. The van der Waals surface area contributed by atoms with Gasteiger partial charge in [0.25, 0.3) is 0 Å². The highest BCUT2D eigenvalue weighted by Crippen LogP contribution is 2.19. The molecule has 6 nitrogen and oxygen atoms in total. The Kier molecular flexibility index (Phi) is 7.57. The van der Waals surface area contributed by atoms with E-state index in [1.807, 2.05) is 75.4 Å². The Morgan fingerprint density at radius 3 is 2.07 bits per heavy atom. The molecule has 1 saturated heterocycles. The van der Waals surface area contributed by atoms with Crippen LogP contribution in [0.2, 0.25) is 0 Å². The van der Waals surface area contributed by atoms with Crippen LogP contribution in [0.3, 0.4) is 0 Å². The number of benzene rings is 2. The number of piperazine rings is 1. The van der Waals surface area contributed by atoms with Crippen molar-refractivity contribution >= 4 is 6.09 Å². The van der Waals surface area contributed by atoms with Gasteiger partial charge in [0.1, 0.15) is 30.3 Å². The number of hydrogen-bond acceptors (Lipinski definition) is 5. The highest BCUT2D eigenvalue weighted by Gasteiger charge is 2.25. The van der Waals surface area contributed by atoms with E-state index in [0.29, 0.717) is 26.3 Å². The van der Waals surface area contributed by atoms with Gasteiger partial charge in [-0.15, -0.1) is 0 Å². The number of nitrogens with zero attached hydrogens (tertiary/aromatic N) is 2. The average molecular weight is 413 g/mol. The van der Waals surface area contributed by atoms with E-state index in [1.165, 1.54) is 0 Å². The van der Waals surface area contributed by atoms with Gasteiger partial charge in [0.05, 0.1) is 0 Å². The van der Waals surface area contributed by atoms with E-state index >= 15 is 0 Å². The molecule has 0 radical (unpaired) electrons. The van der Waals surface area contributed by atoms with Crippen LogP contribution in [0.5, 0.6) is 11.5 Å². The molecule has 2 aromatic carbocycles. The van der Waals surface area contributed by atoms with Crippen molar-refractivity contribution < 1.29 is 19.0 Å². The van der Waals surface area contributed by atoms with E-state index in [9.17, 15) is 4.79 Å². The molecule has 0 unspecified atom stereocenters. The molecule has 0 bridgehead atoms. The van der Waals surface area contributed by atoms with Gasteiger partial charge in [-0.1, -0.05) is 30.3 Å². The van der Waals surface area contributed by atoms with Gasteiger partial charge in [0.2, 0.25) is 0 Å². The fourth-order valence-corrected chi connectivity index (χ4v) is 3.15. The number of amides is 1. The van der Waals surface area contributed by atoms with E-state index in [2.05, 4.69) is 4.90 Å². The fourth-order valence-electron chi connectivity index (χ4n) is 3.15. The molecule has 0 aromatic heterocycles. The van der Waals surface area contributed by atoms with E-state index in [1.54, 1.807) is 4.90 Å². The summed E-state index contributed by atoms with van der Waals surface area (Å²) in [5, 5.41) is 0. The second-order valence-corrected chi connectivity index (χ2v) is 8.40. The largest absolute Gasteiger partial charge is 0.492 e. The zero-order chi connectivity index (χ0) is 21.4. The molecule has 162 valence electrons. The number of carbonyl (C=O) groups excluding carboxylic acids is 1. The van der Waals surface area contributed by atoms with Crippen molar-refractivity contribution in [3.05, 3.63) is 60.2 Å². The van der Waals surface area contributed by atoms with Gasteiger partial charge < -0.3 is 19.1 Å². The lowest BCUT2D eigenvalue weighted by molar-refractivity contribution is 0.0137. The summed E-state index contributed by atoms with van der Waals surface area (Å²) in [6.45, 7) is 10.7. The Bertz CT molecular complexity index is 779. The zero-order valence-electron chi connectivity index (χ0n) is 18.2. The maximum atomic E-state index is 12.1. The van der Waals surface area contributed by atoms with Crippen LogP contribution in [0.25, 0.3) is 0 Å². The Morgan fingerprint density at radius 2 is 1.47 bits per heavy atom. The van der Waals surface area contributed by atoms with Crippen molar-refractivity contribution in [2.24, 2.45) is 0 Å². The van der Waals surface area contributed by atoms with Crippen LogP contribution in [0, 0.1) is 0 Å². The SMILES string of the molecule is CC(C)(C)OC(=O)N1CCN(CCOc2ccc(OCc3ccccc3)cc2)CC1. The van der Waals surface area contributed by atoms with Gasteiger partial charge in [0.15, 0.2) is 0 Å². The van der Waals surface area contributed by atoms with E-state index in [-0.39, 0.29) is 6.09 Å². The van der Waals surface area contributed by atoms with Crippen LogP contribution < -0.4 is 9.47 Å². The lowest BCUT2D eigenvalue weighted by atomic mass is 10.2. The van der Waals surface area contributed by atoms with Crippen LogP contribution in [0.4, 0.5) is 4.79 Å². The molecular formula is C24H32N2O4. The van der Waals surface area contributed by atoms with Crippen molar-refractivity contribution in [3.8, 4) is 11.5 Å². The number of carbonyl (C=O) groups is 1. The first-order valence-electron chi connectivity index (χ1n) is 10.5. The summed E-state index contributed by atoms with van der Waals surface area (Å²) in [6, 6.07) is 17.8. The molecule has 30 heavy (non-hydrogen) atoms. The molecule has 0 atom stereocenters. The fraction of sp³-hybridized carbons (Fsp3) is 0.458. The maximum Gasteiger partial charge on any atom is 0.410 e. The maximum absolute atomic E-state index is 12.1. The summed E-state index contributed by atoms with van der Waals surface area (Å²) in [7, 11) is 0. The Balaban J connectivity index is 1.33. The van der Waals surface area contributed by atoms with Crippen LogP contribution in [-0.2, 0) is 11.3 Å². The lowest BCUT2D eigenvalue weighted by Gasteiger charge is -2.35. The third-order valence-corrected chi connectivity index (χ3v) is 4.77. The highest BCUT2D eigenvalue weighted by atomic mass is 16.6. The van der Waals surface area contributed by atoms with Gasteiger partial charge in [-0.2, -0.15) is 0 Å². The summed E-state index contributed by atoms with van der Waals surface area (Å²) in [5.41, 5.74) is 0.689. The molecular weight excluding hydrogens is 380 g/mol. The minimum Gasteiger partial charge on any atom is -0.492 e. The highest BCUT2D eigenvalue weighted by molar-refractivity contribution is 5.68. The summed E-state index contributed by atoms with van der Waals surface area (Å²) in [6.07, 6.45) is -0.229. The predicted molar refractivity (Wildman–Crippen MR) is 117 cm³/mol. The van der Waals surface area contributed by atoms with Gasteiger partial charge in [-0.25, -0.2) is 4.79 Å². The minimum atomic E-state index is -0.454. The molecule has 0 N–H and O–H groups in total. The molecule has 1 fully saturated rings. The van der Waals surface area contributed by atoms with Crippen LogP contribution in [0.15, 0.2) is 54.6 Å². The van der Waals surface area contributed by atoms with Crippen molar-refractivity contribution in [1.29, 1.82) is 0 Å². The first-order chi connectivity index (χ1) is 14.4. The average Bonchev–Trinajstić information content (AvgIpc) is 2.73. The first kappa shape index (κ1) is 22.0. The van der Waals surface area contributed by atoms with Crippen molar-refractivity contribution in [2.45, 2.75) is 33.0 Å². The topological polar surface area (TPSA) is 51.2 Å². The summed E-state index contributed by atoms with van der Waals surface area (Å²) < 4.78 is 17.1.